The molecule has 9 nitrogen and oxygen atoms in total. The van der Waals surface area contributed by atoms with Gasteiger partial charge in [0.2, 0.25) is 11.8 Å². The van der Waals surface area contributed by atoms with Crippen molar-refractivity contribution in [2.24, 2.45) is 5.92 Å². The van der Waals surface area contributed by atoms with Crippen molar-refractivity contribution in [3.8, 4) is 11.5 Å². The lowest BCUT2D eigenvalue weighted by atomic mass is 9.97. The minimum atomic E-state index is -5.00. The summed E-state index contributed by atoms with van der Waals surface area (Å²) in [6.07, 6.45) is -4.64. The number of alkyl halides is 5. The van der Waals surface area contributed by atoms with Crippen LogP contribution in [-0.4, -0.2) is 55.6 Å². The summed E-state index contributed by atoms with van der Waals surface area (Å²) in [5, 5.41) is 6.92. The van der Waals surface area contributed by atoms with Gasteiger partial charge in [-0.05, 0) is 24.3 Å². The van der Waals surface area contributed by atoms with E-state index in [0.717, 1.165) is 0 Å². The van der Waals surface area contributed by atoms with E-state index in [9.17, 15) is 31.5 Å². The smallest absolute Gasteiger partial charge is 0.415 e. The number of hydrogen-bond acceptors (Lipinski definition) is 6. The Hall–Kier alpha value is -4.36. The maximum atomic E-state index is 13.2. The number of imidazole rings is 1. The van der Waals surface area contributed by atoms with Gasteiger partial charge in [0.05, 0.1) is 18.2 Å². The number of rotatable bonds is 6. The van der Waals surface area contributed by atoms with E-state index < -0.39 is 36.2 Å². The van der Waals surface area contributed by atoms with Gasteiger partial charge in [-0.2, -0.15) is 22.0 Å². The van der Waals surface area contributed by atoms with Crippen LogP contribution in [0.5, 0.6) is 0 Å². The topological polar surface area (TPSA) is 96.8 Å². The van der Waals surface area contributed by atoms with Crippen molar-refractivity contribution in [2.75, 3.05) is 18.0 Å². The first-order valence-electron chi connectivity index (χ1n) is 10.9. The van der Waals surface area contributed by atoms with Crippen LogP contribution in [0.1, 0.15) is 18.0 Å². The van der Waals surface area contributed by atoms with Crippen LogP contribution in [-0.2, 0) is 16.1 Å². The first-order valence-corrected chi connectivity index (χ1v) is 10.9. The number of para-hydroxylation sites is 1. The summed E-state index contributed by atoms with van der Waals surface area (Å²) >= 11 is 0. The van der Waals surface area contributed by atoms with Crippen molar-refractivity contribution in [2.45, 2.75) is 19.1 Å². The number of anilines is 1. The van der Waals surface area contributed by atoms with Crippen LogP contribution < -0.4 is 4.90 Å². The molecule has 14 heteroatoms. The van der Waals surface area contributed by atoms with Crippen LogP contribution >= 0.6 is 0 Å². The van der Waals surface area contributed by atoms with Crippen molar-refractivity contribution in [1.82, 2.24) is 24.5 Å². The lowest BCUT2D eigenvalue weighted by molar-refractivity contribution is -0.191. The summed E-state index contributed by atoms with van der Waals surface area (Å²) in [6, 6.07) is 11.7. The van der Waals surface area contributed by atoms with E-state index in [2.05, 4.69) is 15.2 Å². The maximum absolute atomic E-state index is 13.2. The molecule has 0 unspecified atom stereocenters. The maximum Gasteiger partial charge on any atom is 0.471 e. The molecule has 37 heavy (non-hydrogen) atoms. The van der Waals surface area contributed by atoms with E-state index >= 15 is 0 Å². The van der Waals surface area contributed by atoms with E-state index in [1.165, 1.54) is 4.90 Å². The second-order valence-electron chi connectivity index (χ2n) is 8.32. The molecule has 1 aliphatic heterocycles. The van der Waals surface area contributed by atoms with E-state index in [4.69, 9.17) is 4.42 Å². The fourth-order valence-corrected chi connectivity index (χ4v) is 3.95. The number of likely N-dealkylation sites (tertiary alicyclic amines) is 1. The number of carbonyl (C=O) groups excluding carboxylic acids is 2. The molecule has 0 bridgehead atoms. The molecule has 0 N–H and O–H groups in total. The predicted octanol–water partition coefficient (Wildman–Crippen LogP) is 3.88. The number of halogens is 5. The van der Waals surface area contributed by atoms with Crippen molar-refractivity contribution < 1.29 is 36.0 Å². The normalized spacial score (nSPS) is 14.3. The minimum absolute atomic E-state index is 0.000332. The minimum Gasteiger partial charge on any atom is -0.415 e. The highest BCUT2D eigenvalue weighted by atomic mass is 19.4. The van der Waals surface area contributed by atoms with E-state index in [1.807, 2.05) is 0 Å². The molecule has 192 valence electrons. The third kappa shape index (κ3) is 4.86. The molecule has 5 rings (SSSR count). The number of fused-ring (bicyclic) bond motifs is 1. The second-order valence-corrected chi connectivity index (χ2v) is 8.32. The highest BCUT2D eigenvalue weighted by Gasteiger charge is 2.48. The van der Waals surface area contributed by atoms with Crippen molar-refractivity contribution in [3.63, 3.8) is 0 Å². The Bertz CT molecular complexity index is 1450. The quantitative estimate of drug-likeness (QED) is 0.358. The van der Waals surface area contributed by atoms with Crippen LogP contribution in [0.15, 0.2) is 59.3 Å². The number of amides is 2. The molecule has 1 aromatic carbocycles. The zero-order valence-electron chi connectivity index (χ0n) is 18.8. The monoisotopic (exact) mass is 520 g/mol. The number of hydrogen-bond donors (Lipinski definition) is 0. The van der Waals surface area contributed by atoms with E-state index in [1.54, 1.807) is 59.3 Å². The Labute approximate surface area is 205 Å². The first-order chi connectivity index (χ1) is 17.6. The zero-order chi connectivity index (χ0) is 26.3. The lowest BCUT2D eigenvalue weighted by Gasteiger charge is -2.40. The number of pyridine rings is 1. The molecule has 2 amide bonds. The third-order valence-corrected chi connectivity index (χ3v) is 5.80. The van der Waals surface area contributed by atoms with Crippen molar-refractivity contribution in [3.05, 3.63) is 66.4 Å². The van der Waals surface area contributed by atoms with Crippen LogP contribution in [0, 0.1) is 5.92 Å². The molecule has 1 saturated heterocycles. The number of benzene rings is 1. The Kier molecular flexibility index (Phi) is 6.09. The van der Waals surface area contributed by atoms with Gasteiger partial charge in [-0.25, -0.2) is 4.98 Å². The van der Waals surface area contributed by atoms with Crippen LogP contribution in [0.3, 0.4) is 0 Å². The van der Waals surface area contributed by atoms with Gasteiger partial charge in [-0.1, -0.05) is 18.2 Å². The van der Waals surface area contributed by atoms with E-state index in [0.29, 0.717) is 27.5 Å². The average molecular weight is 520 g/mol. The molecular weight excluding hydrogens is 503 g/mol. The average Bonchev–Trinajstić information content (AvgIpc) is 3.48. The van der Waals surface area contributed by atoms with E-state index in [-0.39, 0.29) is 25.5 Å². The first kappa shape index (κ1) is 24.3. The van der Waals surface area contributed by atoms with Crippen molar-refractivity contribution >= 4 is 23.1 Å². The van der Waals surface area contributed by atoms with Gasteiger partial charge in [0.25, 0.3) is 5.89 Å². The van der Waals surface area contributed by atoms with Gasteiger partial charge in [0, 0.05) is 36.7 Å². The number of carbonyl (C=O) groups is 2. The molecule has 0 spiro atoms. The molecule has 0 saturated carbocycles. The third-order valence-electron chi connectivity index (χ3n) is 5.80. The Balaban J connectivity index is 1.37. The lowest BCUT2D eigenvalue weighted by Crippen LogP contribution is -2.59. The zero-order valence-corrected chi connectivity index (χ0v) is 18.8. The summed E-state index contributed by atoms with van der Waals surface area (Å²) < 4.78 is 70.2. The van der Waals surface area contributed by atoms with Gasteiger partial charge in [0.15, 0.2) is 0 Å². The largest absolute Gasteiger partial charge is 0.471 e. The standard InChI is InChI=1S/C23H17F5N6O3/c24-18(25)20-31-30-19(37-20)13-6-7-32-11-15(29-17(32)8-13)12-34(16-4-2-1-3-5-16)21(35)14-9-33(10-14)22(36)23(26,27)28/h1-8,11,14,18H,9-10,12H2. The van der Waals surface area contributed by atoms with Gasteiger partial charge in [-0.3, -0.25) is 9.59 Å². The predicted molar refractivity (Wildman–Crippen MR) is 117 cm³/mol. The molecule has 0 aliphatic carbocycles. The Morgan fingerprint density at radius 3 is 2.49 bits per heavy atom. The summed E-state index contributed by atoms with van der Waals surface area (Å²) in [6.45, 7) is -0.667. The SMILES string of the molecule is O=C(C1CN(C(=O)C(F)(F)F)C1)N(Cc1cn2ccc(-c3nnc(C(F)F)o3)cc2n1)c1ccccc1. The Morgan fingerprint density at radius 2 is 1.84 bits per heavy atom. The number of nitrogens with zero attached hydrogens (tertiary/aromatic N) is 6. The molecule has 1 fully saturated rings. The van der Waals surface area contributed by atoms with Gasteiger partial charge in [0.1, 0.15) is 5.65 Å². The van der Waals surface area contributed by atoms with Crippen LogP contribution in [0.25, 0.3) is 17.1 Å². The molecule has 0 radical (unpaired) electrons. The molecular formula is C23H17F5N6O3. The highest BCUT2D eigenvalue weighted by molar-refractivity contribution is 5.97. The molecule has 1 aliphatic rings. The molecule has 4 heterocycles. The molecule has 0 atom stereocenters. The fourth-order valence-electron chi connectivity index (χ4n) is 3.95. The van der Waals surface area contributed by atoms with Crippen LogP contribution in [0.4, 0.5) is 27.6 Å². The van der Waals surface area contributed by atoms with Gasteiger partial charge < -0.3 is 18.6 Å². The van der Waals surface area contributed by atoms with Crippen LogP contribution in [0.2, 0.25) is 0 Å². The van der Waals surface area contributed by atoms with Gasteiger partial charge >= 0.3 is 18.5 Å². The summed E-state index contributed by atoms with van der Waals surface area (Å²) in [5.41, 5.74) is 1.74. The summed E-state index contributed by atoms with van der Waals surface area (Å²) in [5.74, 6) is -4.12. The molecule has 4 aromatic rings. The Morgan fingerprint density at radius 1 is 1.11 bits per heavy atom. The fraction of sp³-hybridized carbons (Fsp3) is 0.261. The van der Waals surface area contributed by atoms with Gasteiger partial charge in [-0.15, -0.1) is 10.2 Å². The summed E-state index contributed by atoms with van der Waals surface area (Å²) in [4.78, 5) is 31.1. The second kappa shape index (κ2) is 9.26. The van der Waals surface area contributed by atoms with Crippen molar-refractivity contribution in [1.29, 1.82) is 0 Å². The highest BCUT2D eigenvalue weighted by Crippen LogP contribution is 2.29. The summed E-state index contributed by atoms with van der Waals surface area (Å²) in [7, 11) is 0. The molecule has 3 aromatic heterocycles. The number of aromatic nitrogens is 4.